The molecule has 0 aliphatic carbocycles. The van der Waals surface area contributed by atoms with Crippen molar-refractivity contribution in [1.82, 2.24) is 4.90 Å². The fourth-order valence-electron chi connectivity index (χ4n) is 3.32. The number of benzene rings is 2. The number of carbonyl (C=O) groups is 1. The summed E-state index contributed by atoms with van der Waals surface area (Å²) in [7, 11) is 1.67. The molecule has 0 N–H and O–H groups in total. The molecular weight excluding hydrogens is 332 g/mol. The highest BCUT2D eigenvalue weighted by Crippen LogP contribution is 2.32. The molecule has 0 aromatic heterocycles. The number of methoxy groups -OCH3 is 1. The Bertz CT molecular complexity index is 783. The molecule has 4 rings (SSSR count). The van der Waals surface area contributed by atoms with Crippen LogP contribution in [0.15, 0.2) is 42.5 Å². The minimum Gasteiger partial charge on any atom is -0.497 e. The van der Waals surface area contributed by atoms with E-state index < -0.39 is 0 Å². The summed E-state index contributed by atoms with van der Waals surface area (Å²) in [6, 6.07) is 13.5. The zero-order chi connectivity index (χ0) is 17.9. The summed E-state index contributed by atoms with van der Waals surface area (Å²) in [4.78, 5) is 17.1. The minimum atomic E-state index is 0.112. The first kappa shape index (κ1) is 16.7. The van der Waals surface area contributed by atoms with Gasteiger partial charge in [0.05, 0.1) is 13.7 Å². The number of Topliss-reactive ketones (excluding diaryl/α,β-unsaturated/α-hetero) is 1. The van der Waals surface area contributed by atoms with Crippen molar-refractivity contribution in [2.24, 2.45) is 0 Å². The maximum atomic E-state index is 12.6. The largest absolute Gasteiger partial charge is 0.497 e. The number of hydrogen-bond donors (Lipinski definition) is 0. The third kappa shape index (κ3) is 3.46. The molecule has 1 saturated heterocycles. The number of carbonyl (C=O) groups excluding carboxylic acids is 1. The molecular formula is C20H22N2O4. The molecule has 6 nitrogen and oxygen atoms in total. The zero-order valence-corrected chi connectivity index (χ0v) is 14.8. The number of anilines is 1. The molecule has 2 aliphatic rings. The summed E-state index contributed by atoms with van der Waals surface area (Å²) in [6.07, 6.45) is 0. The van der Waals surface area contributed by atoms with Crippen molar-refractivity contribution in [2.75, 3.05) is 51.5 Å². The summed E-state index contributed by atoms with van der Waals surface area (Å²) in [5.41, 5.74) is 1.86. The Labute approximate surface area is 152 Å². The molecule has 0 amide bonds. The lowest BCUT2D eigenvalue weighted by molar-refractivity contribution is 0.0926. The van der Waals surface area contributed by atoms with Gasteiger partial charge in [0.25, 0.3) is 0 Å². The van der Waals surface area contributed by atoms with Crippen LogP contribution in [0.3, 0.4) is 0 Å². The number of ether oxygens (including phenoxy) is 3. The van der Waals surface area contributed by atoms with Crippen molar-refractivity contribution in [3.05, 3.63) is 48.0 Å². The minimum absolute atomic E-state index is 0.112. The van der Waals surface area contributed by atoms with Crippen LogP contribution in [0, 0.1) is 0 Å². The lowest BCUT2D eigenvalue weighted by Crippen LogP contribution is -2.48. The van der Waals surface area contributed by atoms with E-state index in [1.54, 1.807) is 19.2 Å². The van der Waals surface area contributed by atoms with Gasteiger partial charge in [-0.05, 0) is 42.5 Å². The van der Waals surface area contributed by atoms with E-state index in [0.717, 1.165) is 31.9 Å². The normalized spacial score (nSPS) is 16.6. The van der Waals surface area contributed by atoms with E-state index >= 15 is 0 Å². The summed E-state index contributed by atoms with van der Waals surface area (Å²) in [5, 5.41) is 0. The lowest BCUT2D eigenvalue weighted by Gasteiger charge is -2.35. The number of piperazine rings is 1. The van der Waals surface area contributed by atoms with Crippen molar-refractivity contribution in [3.63, 3.8) is 0 Å². The molecule has 0 bridgehead atoms. The van der Waals surface area contributed by atoms with Gasteiger partial charge in [-0.1, -0.05) is 0 Å². The summed E-state index contributed by atoms with van der Waals surface area (Å²) >= 11 is 0. The molecule has 2 aliphatic heterocycles. The molecule has 0 spiro atoms. The quantitative estimate of drug-likeness (QED) is 0.769. The van der Waals surface area contributed by atoms with Crippen molar-refractivity contribution in [2.45, 2.75) is 0 Å². The standard InChI is InChI=1S/C20H22N2O4/c1-24-17-5-3-16(4-6-17)22-10-8-21(9-11-22)13-18(23)15-2-7-19-20(12-15)26-14-25-19/h2-7,12H,8-11,13-14H2,1H3. The van der Waals surface area contributed by atoms with Crippen molar-refractivity contribution in [1.29, 1.82) is 0 Å². The molecule has 0 atom stereocenters. The fraction of sp³-hybridized carbons (Fsp3) is 0.350. The van der Waals surface area contributed by atoms with Crippen molar-refractivity contribution in [3.8, 4) is 17.2 Å². The highest BCUT2D eigenvalue weighted by atomic mass is 16.7. The highest BCUT2D eigenvalue weighted by Gasteiger charge is 2.21. The molecule has 0 radical (unpaired) electrons. The summed E-state index contributed by atoms with van der Waals surface area (Å²) in [6.45, 7) is 4.18. The van der Waals surface area contributed by atoms with Gasteiger partial charge in [-0.3, -0.25) is 9.69 Å². The van der Waals surface area contributed by atoms with Gasteiger partial charge in [0.1, 0.15) is 5.75 Å². The monoisotopic (exact) mass is 354 g/mol. The van der Waals surface area contributed by atoms with E-state index in [4.69, 9.17) is 14.2 Å². The van der Waals surface area contributed by atoms with Gasteiger partial charge in [-0.2, -0.15) is 0 Å². The maximum Gasteiger partial charge on any atom is 0.231 e. The van der Waals surface area contributed by atoms with Crippen LogP contribution >= 0.6 is 0 Å². The van der Waals surface area contributed by atoms with E-state index in [1.807, 2.05) is 18.2 Å². The average molecular weight is 354 g/mol. The van der Waals surface area contributed by atoms with Gasteiger partial charge in [-0.15, -0.1) is 0 Å². The SMILES string of the molecule is COc1ccc(N2CCN(CC(=O)c3ccc4c(c3)OCO4)CC2)cc1. The molecule has 0 saturated carbocycles. The van der Waals surface area contributed by atoms with E-state index in [0.29, 0.717) is 23.6 Å². The number of rotatable bonds is 5. The number of nitrogens with zero attached hydrogens (tertiary/aromatic N) is 2. The molecule has 2 aromatic rings. The Kier molecular flexibility index (Phi) is 4.67. The van der Waals surface area contributed by atoms with Gasteiger partial charge in [0.15, 0.2) is 17.3 Å². The second kappa shape index (κ2) is 7.25. The Morgan fingerprint density at radius 2 is 1.73 bits per heavy atom. The third-order valence-electron chi connectivity index (χ3n) is 4.87. The van der Waals surface area contributed by atoms with E-state index in [-0.39, 0.29) is 12.6 Å². The van der Waals surface area contributed by atoms with Crippen LogP contribution in [0.2, 0.25) is 0 Å². The van der Waals surface area contributed by atoms with Crippen LogP contribution < -0.4 is 19.1 Å². The van der Waals surface area contributed by atoms with Gasteiger partial charge >= 0.3 is 0 Å². The summed E-state index contributed by atoms with van der Waals surface area (Å²) < 4.78 is 15.9. The predicted octanol–water partition coefficient (Wildman–Crippen LogP) is 2.43. The van der Waals surface area contributed by atoms with Gasteiger partial charge in [0.2, 0.25) is 6.79 Å². The number of hydrogen-bond acceptors (Lipinski definition) is 6. The predicted molar refractivity (Wildman–Crippen MR) is 98.5 cm³/mol. The van der Waals surface area contributed by atoms with Crippen LogP contribution in [0.25, 0.3) is 0 Å². The molecule has 6 heteroatoms. The molecule has 2 aromatic carbocycles. The Hall–Kier alpha value is -2.73. The fourth-order valence-corrected chi connectivity index (χ4v) is 3.32. The molecule has 0 unspecified atom stereocenters. The van der Waals surface area contributed by atoms with Crippen LogP contribution in [0.5, 0.6) is 17.2 Å². The van der Waals surface area contributed by atoms with E-state index in [9.17, 15) is 4.79 Å². The number of ketones is 1. The van der Waals surface area contributed by atoms with E-state index in [2.05, 4.69) is 21.9 Å². The average Bonchev–Trinajstić information content (AvgIpc) is 3.16. The molecule has 26 heavy (non-hydrogen) atoms. The molecule has 1 fully saturated rings. The highest BCUT2D eigenvalue weighted by molar-refractivity contribution is 5.98. The Balaban J connectivity index is 1.32. The Morgan fingerprint density at radius 3 is 2.46 bits per heavy atom. The number of fused-ring (bicyclic) bond motifs is 1. The first-order chi connectivity index (χ1) is 12.7. The van der Waals surface area contributed by atoms with Crippen LogP contribution in [-0.2, 0) is 0 Å². The van der Waals surface area contributed by atoms with Crippen LogP contribution in [-0.4, -0.2) is 57.3 Å². The van der Waals surface area contributed by atoms with Crippen LogP contribution in [0.4, 0.5) is 5.69 Å². The van der Waals surface area contributed by atoms with Crippen LogP contribution in [0.1, 0.15) is 10.4 Å². The Morgan fingerprint density at radius 1 is 1.00 bits per heavy atom. The third-order valence-corrected chi connectivity index (χ3v) is 4.87. The topological polar surface area (TPSA) is 51.2 Å². The second-order valence-electron chi connectivity index (χ2n) is 6.45. The maximum absolute atomic E-state index is 12.6. The van der Waals surface area contributed by atoms with Crippen molar-refractivity contribution >= 4 is 11.5 Å². The zero-order valence-electron chi connectivity index (χ0n) is 14.8. The van der Waals surface area contributed by atoms with Gasteiger partial charge < -0.3 is 19.1 Å². The lowest BCUT2D eigenvalue weighted by atomic mass is 10.1. The first-order valence-electron chi connectivity index (χ1n) is 8.77. The van der Waals surface area contributed by atoms with Gasteiger partial charge in [0, 0.05) is 37.4 Å². The first-order valence-corrected chi connectivity index (χ1v) is 8.77. The second-order valence-corrected chi connectivity index (χ2v) is 6.45. The van der Waals surface area contributed by atoms with Crippen molar-refractivity contribution < 1.29 is 19.0 Å². The summed E-state index contributed by atoms with van der Waals surface area (Å²) in [5.74, 6) is 2.33. The molecule has 2 heterocycles. The smallest absolute Gasteiger partial charge is 0.231 e. The van der Waals surface area contributed by atoms with Gasteiger partial charge in [-0.25, -0.2) is 0 Å². The van der Waals surface area contributed by atoms with E-state index in [1.165, 1.54) is 5.69 Å². The molecule has 136 valence electrons.